The number of rotatable bonds is 7. The summed E-state index contributed by atoms with van der Waals surface area (Å²) in [6.45, 7) is 6.03. The lowest BCUT2D eigenvalue weighted by atomic mass is 10.2. The summed E-state index contributed by atoms with van der Waals surface area (Å²) in [5, 5.41) is 3.04. The Kier molecular flexibility index (Phi) is 6.08. The first-order valence-electron chi connectivity index (χ1n) is 6.20. The number of pyridine rings is 1. The van der Waals surface area contributed by atoms with Gasteiger partial charge in [-0.3, -0.25) is 0 Å². The van der Waals surface area contributed by atoms with Crippen LogP contribution in [0.5, 0.6) is 0 Å². The molecule has 0 saturated heterocycles. The van der Waals surface area contributed by atoms with Crippen LogP contribution in [-0.4, -0.2) is 37.8 Å². The number of ether oxygens (including phenoxy) is 2. The highest BCUT2D eigenvalue weighted by molar-refractivity contribution is 5.97. The van der Waals surface area contributed by atoms with Crippen LogP contribution >= 0.6 is 0 Å². The Labute approximate surface area is 113 Å². The van der Waals surface area contributed by atoms with E-state index in [0.29, 0.717) is 42.7 Å². The molecule has 0 radical (unpaired) electrons. The van der Waals surface area contributed by atoms with E-state index in [1.165, 1.54) is 19.4 Å². The molecule has 0 saturated carbocycles. The van der Waals surface area contributed by atoms with E-state index in [0.717, 1.165) is 0 Å². The zero-order valence-corrected chi connectivity index (χ0v) is 11.6. The third kappa shape index (κ3) is 4.75. The summed E-state index contributed by atoms with van der Waals surface area (Å²) in [5.74, 6) is 0.501. The molecule has 0 aliphatic carbocycles. The molecule has 1 rings (SSSR count). The summed E-state index contributed by atoms with van der Waals surface area (Å²) in [6, 6.07) is 1.53. The first-order chi connectivity index (χ1) is 9.06. The van der Waals surface area contributed by atoms with Gasteiger partial charge in [-0.1, -0.05) is 13.8 Å². The number of nitrogens with one attached hydrogen (secondary N) is 1. The van der Waals surface area contributed by atoms with E-state index in [-0.39, 0.29) is 0 Å². The van der Waals surface area contributed by atoms with Crippen molar-refractivity contribution < 1.29 is 14.3 Å². The van der Waals surface area contributed by atoms with Crippen LogP contribution in [0, 0.1) is 5.92 Å². The van der Waals surface area contributed by atoms with E-state index in [9.17, 15) is 4.79 Å². The van der Waals surface area contributed by atoms with Crippen molar-refractivity contribution in [3.63, 3.8) is 0 Å². The SMILES string of the molecule is COC(=O)c1ccnc(NCCOCC(C)C)c1N. The monoisotopic (exact) mass is 267 g/mol. The molecule has 0 aliphatic heterocycles. The Morgan fingerprint density at radius 2 is 2.26 bits per heavy atom. The number of carbonyl (C=O) groups excluding carboxylic acids is 1. The van der Waals surface area contributed by atoms with Gasteiger partial charge in [0.1, 0.15) is 5.82 Å². The Morgan fingerprint density at radius 1 is 1.53 bits per heavy atom. The molecule has 0 bridgehead atoms. The second-order valence-corrected chi connectivity index (χ2v) is 4.51. The van der Waals surface area contributed by atoms with E-state index in [4.69, 9.17) is 10.5 Å². The third-order valence-electron chi connectivity index (χ3n) is 2.39. The van der Waals surface area contributed by atoms with Crippen molar-refractivity contribution in [3.8, 4) is 0 Å². The molecule has 0 amide bonds. The topological polar surface area (TPSA) is 86.5 Å². The molecule has 3 N–H and O–H groups in total. The van der Waals surface area contributed by atoms with Crippen LogP contribution < -0.4 is 11.1 Å². The van der Waals surface area contributed by atoms with E-state index in [1.54, 1.807) is 0 Å². The van der Waals surface area contributed by atoms with Crippen LogP contribution in [0.3, 0.4) is 0 Å². The van der Waals surface area contributed by atoms with Crippen molar-refractivity contribution in [2.75, 3.05) is 37.9 Å². The lowest BCUT2D eigenvalue weighted by Gasteiger charge is -2.11. The minimum atomic E-state index is -0.473. The molecule has 19 heavy (non-hydrogen) atoms. The Bertz CT molecular complexity index is 422. The molecule has 106 valence electrons. The van der Waals surface area contributed by atoms with Crippen LogP contribution in [-0.2, 0) is 9.47 Å². The minimum absolute atomic E-state index is 0.290. The molecule has 0 aromatic carbocycles. The van der Waals surface area contributed by atoms with Gasteiger partial charge in [-0.25, -0.2) is 9.78 Å². The molecule has 0 unspecified atom stereocenters. The number of esters is 1. The second-order valence-electron chi connectivity index (χ2n) is 4.51. The third-order valence-corrected chi connectivity index (χ3v) is 2.39. The number of hydrogen-bond donors (Lipinski definition) is 2. The van der Waals surface area contributed by atoms with Gasteiger partial charge in [0.05, 0.1) is 25.0 Å². The highest BCUT2D eigenvalue weighted by Crippen LogP contribution is 2.20. The lowest BCUT2D eigenvalue weighted by molar-refractivity contribution is 0.0602. The highest BCUT2D eigenvalue weighted by atomic mass is 16.5. The van der Waals surface area contributed by atoms with Gasteiger partial charge in [-0.15, -0.1) is 0 Å². The summed E-state index contributed by atoms with van der Waals surface area (Å²) in [4.78, 5) is 15.5. The molecule has 0 fully saturated rings. The molecular weight excluding hydrogens is 246 g/mol. The van der Waals surface area contributed by atoms with Crippen LogP contribution in [0.2, 0.25) is 0 Å². The number of hydrogen-bond acceptors (Lipinski definition) is 6. The number of aromatic nitrogens is 1. The van der Waals surface area contributed by atoms with Crippen molar-refractivity contribution in [2.24, 2.45) is 5.92 Å². The molecule has 0 spiro atoms. The van der Waals surface area contributed by atoms with Gasteiger partial charge in [0.2, 0.25) is 0 Å². The summed E-state index contributed by atoms with van der Waals surface area (Å²) in [6.07, 6.45) is 1.51. The largest absolute Gasteiger partial charge is 0.465 e. The Balaban J connectivity index is 2.52. The molecule has 0 atom stereocenters. The fraction of sp³-hybridized carbons (Fsp3) is 0.538. The molecule has 1 aromatic heterocycles. The Hall–Kier alpha value is -1.82. The van der Waals surface area contributed by atoms with Gasteiger partial charge >= 0.3 is 5.97 Å². The Morgan fingerprint density at radius 3 is 2.89 bits per heavy atom. The predicted octanol–water partition coefficient (Wildman–Crippen LogP) is 1.53. The van der Waals surface area contributed by atoms with Gasteiger partial charge in [-0.2, -0.15) is 0 Å². The van der Waals surface area contributed by atoms with Crippen molar-refractivity contribution in [2.45, 2.75) is 13.8 Å². The number of nitrogens with two attached hydrogens (primary N) is 1. The van der Waals surface area contributed by atoms with E-state index < -0.39 is 5.97 Å². The number of nitrogen functional groups attached to an aromatic ring is 1. The van der Waals surface area contributed by atoms with E-state index >= 15 is 0 Å². The van der Waals surface area contributed by atoms with Gasteiger partial charge in [0.15, 0.2) is 0 Å². The smallest absolute Gasteiger partial charge is 0.340 e. The summed E-state index contributed by atoms with van der Waals surface area (Å²) < 4.78 is 10.1. The number of methoxy groups -OCH3 is 1. The zero-order chi connectivity index (χ0) is 14.3. The molecule has 1 aromatic rings. The maximum absolute atomic E-state index is 11.5. The molecule has 1 heterocycles. The van der Waals surface area contributed by atoms with Crippen molar-refractivity contribution in [1.29, 1.82) is 0 Å². The zero-order valence-electron chi connectivity index (χ0n) is 11.6. The standard InChI is InChI=1S/C13H21N3O3/c1-9(2)8-19-7-6-16-12-11(14)10(4-5-15-12)13(17)18-3/h4-5,9H,6-8,14H2,1-3H3,(H,15,16). The summed E-state index contributed by atoms with van der Waals surface area (Å²) in [5.41, 5.74) is 6.45. The average molecular weight is 267 g/mol. The lowest BCUT2D eigenvalue weighted by Crippen LogP contribution is -2.15. The quantitative estimate of drug-likeness (QED) is 0.575. The predicted molar refractivity (Wildman–Crippen MR) is 74.1 cm³/mol. The van der Waals surface area contributed by atoms with Crippen molar-refractivity contribution in [3.05, 3.63) is 17.8 Å². The molecule has 6 heteroatoms. The number of anilines is 2. The maximum atomic E-state index is 11.5. The van der Waals surface area contributed by atoms with Gasteiger partial charge in [-0.05, 0) is 12.0 Å². The van der Waals surface area contributed by atoms with Gasteiger partial charge < -0.3 is 20.5 Å². The number of carbonyl (C=O) groups is 1. The van der Waals surface area contributed by atoms with Gasteiger partial charge in [0, 0.05) is 19.3 Å². The fourth-order valence-corrected chi connectivity index (χ4v) is 1.46. The van der Waals surface area contributed by atoms with Crippen LogP contribution in [0.15, 0.2) is 12.3 Å². The fourth-order valence-electron chi connectivity index (χ4n) is 1.46. The number of nitrogens with zero attached hydrogens (tertiary/aromatic N) is 1. The van der Waals surface area contributed by atoms with E-state index in [2.05, 4.69) is 28.9 Å². The van der Waals surface area contributed by atoms with Crippen LogP contribution in [0.25, 0.3) is 0 Å². The molecule has 6 nitrogen and oxygen atoms in total. The molecular formula is C13H21N3O3. The molecule has 0 aliphatic rings. The van der Waals surface area contributed by atoms with Crippen LogP contribution in [0.4, 0.5) is 11.5 Å². The average Bonchev–Trinajstić information content (AvgIpc) is 2.39. The normalized spacial score (nSPS) is 10.5. The maximum Gasteiger partial charge on any atom is 0.340 e. The minimum Gasteiger partial charge on any atom is -0.465 e. The summed E-state index contributed by atoms with van der Waals surface area (Å²) >= 11 is 0. The highest BCUT2D eigenvalue weighted by Gasteiger charge is 2.13. The van der Waals surface area contributed by atoms with Crippen molar-refractivity contribution in [1.82, 2.24) is 4.98 Å². The van der Waals surface area contributed by atoms with Crippen LogP contribution in [0.1, 0.15) is 24.2 Å². The second kappa shape index (κ2) is 7.58. The summed E-state index contributed by atoms with van der Waals surface area (Å²) in [7, 11) is 1.31. The first-order valence-corrected chi connectivity index (χ1v) is 6.20. The van der Waals surface area contributed by atoms with E-state index in [1.807, 2.05) is 0 Å². The van der Waals surface area contributed by atoms with Gasteiger partial charge in [0.25, 0.3) is 0 Å². The van der Waals surface area contributed by atoms with Crippen molar-refractivity contribution >= 4 is 17.5 Å². The first kappa shape index (κ1) is 15.2.